The quantitative estimate of drug-likeness (QED) is 0.329. The Morgan fingerprint density at radius 1 is 1.18 bits per heavy atom. The summed E-state index contributed by atoms with van der Waals surface area (Å²) in [5, 5.41) is 3.05. The molecule has 0 spiro atoms. The predicted octanol–water partition coefficient (Wildman–Crippen LogP) is 5.35. The molecule has 0 unspecified atom stereocenters. The minimum absolute atomic E-state index is 0.124. The molecule has 0 saturated carbocycles. The fraction of sp³-hybridized carbons (Fsp3) is 0.217. The molecule has 0 radical (unpaired) electrons. The van der Waals surface area contributed by atoms with Gasteiger partial charge in [0.1, 0.15) is 17.5 Å². The maximum Gasteiger partial charge on any atom is 0.235 e. The van der Waals surface area contributed by atoms with Crippen molar-refractivity contribution in [1.82, 2.24) is 9.97 Å². The highest BCUT2D eigenvalue weighted by Gasteiger charge is 2.42. The van der Waals surface area contributed by atoms with Crippen LogP contribution >= 0.6 is 27.5 Å². The van der Waals surface area contributed by atoms with Crippen LogP contribution in [0.15, 0.2) is 39.8 Å². The maximum absolute atomic E-state index is 14.4. The number of nitrogens with zero attached hydrogens (tertiary/aromatic N) is 3. The predicted molar refractivity (Wildman–Crippen MR) is 128 cm³/mol. The van der Waals surface area contributed by atoms with E-state index in [1.54, 1.807) is 32.0 Å². The third kappa shape index (κ3) is 4.39. The summed E-state index contributed by atoms with van der Waals surface area (Å²) in [6, 6.07) is 6.43. The van der Waals surface area contributed by atoms with Crippen LogP contribution in [0.3, 0.4) is 0 Å². The van der Waals surface area contributed by atoms with E-state index in [1.165, 1.54) is 0 Å². The highest BCUT2D eigenvalue weighted by atomic mass is 79.9. The van der Waals surface area contributed by atoms with Crippen molar-refractivity contribution < 1.29 is 18.0 Å². The van der Waals surface area contributed by atoms with Crippen LogP contribution in [0.25, 0.3) is 0 Å². The molecule has 3 N–H and O–H groups in total. The number of rotatable bonds is 5. The summed E-state index contributed by atoms with van der Waals surface area (Å²) in [5.41, 5.74) is 5.90. The summed E-state index contributed by atoms with van der Waals surface area (Å²) in [7, 11) is 0. The molecular formula is C23H18BrClF3N5O. The van der Waals surface area contributed by atoms with E-state index in [2.05, 4.69) is 36.2 Å². The second-order valence-corrected chi connectivity index (χ2v) is 9.50. The zero-order chi connectivity index (χ0) is 24.8. The Balaban J connectivity index is 1.77. The van der Waals surface area contributed by atoms with Gasteiger partial charge < -0.3 is 11.1 Å². The Kier molecular flexibility index (Phi) is 6.39. The molecule has 1 aliphatic rings. The normalized spacial score (nSPS) is 14.8. The third-order valence-corrected chi connectivity index (χ3v) is 6.47. The Morgan fingerprint density at radius 3 is 2.62 bits per heavy atom. The summed E-state index contributed by atoms with van der Waals surface area (Å²) in [5.74, 6) is -3.03. The highest BCUT2D eigenvalue weighted by Crippen LogP contribution is 2.39. The number of hydrogen-bond acceptors (Lipinski definition) is 5. The van der Waals surface area contributed by atoms with Crippen molar-refractivity contribution in [3.63, 3.8) is 0 Å². The van der Waals surface area contributed by atoms with Gasteiger partial charge in [0.05, 0.1) is 17.5 Å². The summed E-state index contributed by atoms with van der Waals surface area (Å²) in [6.07, 6.45) is -0.363. The first-order chi connectivity index (χ1) is 16.0. The summed E-state index contributed by atoms with van der Waals surface area (Å²) < 4.78 is 43.1. The molecule has 6 nitrogen and oxygen atoms in total. The molecular weight excluding hydrogens is 535 g/mol. The molecule has 11 heteroatoms. The van der Waals surface area contributed by atoms with Gasteiger partial charge in [0.2, 0.25) is 5.91 Å². The first-order valence-electron chi connectivity index (χ1n) is 10.1. The second kappa shape index (κ2) is 8.99. The number of carbonyl (C=O) groups is 1. The molecule has 3 aromatic rings. The van der Waals surface area contributed by atoms with Crippen LogP contribution in [-0.4, -0.2) is 21.6 Å². The lowest BCUT2D eigenvalue weighted by Crippen LogP contribution is -2.27. The molecule has 0 aliphatic carbocycles. The van der Waals surface area contributed by atoms with Crippen LogP contribution in [0.1, 0.15) is 36.4 Å². The summed E-state index contributed by atoms with van der Waals surface area (Å²) in [4.78, 5) is 25.3. The van der Waals surface area contributed by atoms with E-state index in [0.717, 1.165) is 12.1 Å². The molecule has 1 aromatic heterocycles. The fourth-order valence-corrected chi connectivity index (χ4v) is 4.35. The number of hydrogen-bond donors (Lipinski definition) is 2. The van der Waals surface area contributed by atoms with Crippen molar-refractivity contribution in [2.75, 3.05) is 11.1 Å². The standard InChI is InChI=1S/C23H18BrClF3N5O/c1-23(2)18-20(29)31-17(32-21(18)33-22(23)34)9-30-16(11-7-10(25)3-4-13(11)24)8-12-14(26)5-6-15(27)19(12)28/h3-7H,8-9H2,1-2H3,(H3,29,31,32,33,34). The SMILES string of the molecule is CC1(C)C(=O)Nc2nc(CN=C(Cc3c(F)ccc(F)c3F)c3cc(Cl)ccc3Br)nc(N)c21. The lowest BCUT2D eigenvalue weighted by atomic mass is 9.87. The second-order valence-electron chi connectivity index (χ2n) is 8.21. The Morgan fingerprint density at radius 2 is 1.88 bits per heavy atom. The van der Waals surface area contributed by atoms with Crippen LogP contribution in [0.5, 0.6) is 0 Å². The molecule has 1 amide bonds. The Labute approximate surface area is 206 Å². The van der Waals surface area contributed by atoms with Crippen molar-refractivity contribution in [2.45, 2.75) is 32.2 Å². The van der Waals surface area contributed by atoms with Gasteiger partial charge in [-0.25, -0.2) is 23.1 Å². The molecule has 0 bridgehead atoms. The van der Waals surface area contributed by atoms with Gasteiger partial charge in [-0.15, -0.1) is 0 Å². The number of carbonyl (C=O) groups excluding carboxylic acids is 1. The number of anilines is 2. The number of fused-ring (bicyclic) bond motifs is 1. The largest absolute Gasteiger partial charge is 0.383 e. The van der Waals surface area contributed by atoms with E-state index in [0.29, 0.717) is 26.4 Å². The van der Waals surface area contributed by atoms with Crippen molar-refractivity contribution in [3.8, 4) is 0 Å². The number of nitrogen functional groups attached to an aromatic ring is 1. The molecule has 0 saturated heterocycles. The minimum Gasteiger partial charge on any atom is -0.383 e. The van der Waals surface area contributed by atoms with E-state index in [9.17, 15) is 18.0 Å². The molecule has 0 atom stereocenters. The van der Waals surface area contributed by atoms with E-state index in [4.69, 9.17) is 17.3 Å². The number of halogens is 5. The van der Waals surface area contributed by atoms with Gasteiger partial charge in [0, 0.05) is 32.8 Å². The average molecular weight is 553 g/mol. The number of aliphatic imine (C=N–C) groups is 1. The Bertz CT molecular complexity index is 1360. The monoisotopic (exact) mass is 551 g/mol. The topological polar surface area (TPSA) is 93.3 Å². The van der Waals surface area contributed by atoms with Crippen LogP contribution in [-0.2, 0) is 23.2 Å². The minimum atomic E-state index is -1.30. The van der Waals surface area contributed by atoms with Gasteiger partial charge in [0.25, 0.3) is 0 Å². The van der Waals surface area contributed by atoms with Crippen LogP contribution < -0.4 is 11.1 Å². The van der Waals surface area contributed by atoms with Crippen molar-refractivity contribution in [3.05, 3.63) is 79.8 Å². The lowest BCUT2D eigenvalue weighted by Gasteiger charge is -2.16. The van der Waals surface area contributed by atoms with Gasteiger partial charge in [-0.05, 0) is 44.2 Å². The number of benzene rings is 2. The van der Waals surface area contributed by atoms with Gasteiger partial charge in [-0.3, -0.25) is 9.79 Å². The first-order valence-corrected chi connectivity index (χ1v) is 11.3. The fourth-order valence-electron chi connectivity index (χ4n) is 3.70. The van der Waals surface area contributed by atoms with Gasteiger partial charge in [-0.1, -0.05) is 27.5 Å². The molecule has 1 aliphatic heterocycles. The molecule has 34 heavy (non-hydrogen) atoms. The van der Waals surface area contributed by atoms with E-state index in [1.807, 2.05) is 0 Å². The number of amides is 1. The van der Waals surface area contributed by atoms with Gasteiger partial charge in [0.15, 0.2) is 17.5 Å². The highest BCUT2D eigenvalue weighted by molar-refractivity contribution is 9.10. The molecule has 176 valence electrons. The van der Waals surface area contributed by atoms with Crippen molar-refractivity contribution in [1.29, 1.82) is 0 Å². The van der Waals surface area contributed by atoms with E-state index < -0.39 is 28.4 Å². The summed E-state index contributed by atoms with van der Waals surface area (Å²) >= 11 is 9.52. The van der Waals surface area contributed by atoms with Crippen LogP contribution in [0.4, 0.5) is 24.8 Å². The smallest absolute Gasteiger partial charge is 0.235 e. The van der Waals surface area contributed by atoms with Crippen molar-refractivity contribution >= 4 is 50.8 Å². The van der Waals surface area contributed by atoms with E-state index >= 15 is 0 Å². The average Bonchev–Trinajstić information content (AvgIpc) is 3.00. The zero-order valence-corrected chi connectivity index (χ0v) is 20.4. The number of nitrogens with one attached hydrogen (secondary N) is 1. The molecule has 0 fully saturated rings. The molecule has 2 aromatic carbocycles. The van der Waals surface area contributed by atoms with Crippen LogP contribution in [0, 0.1) is 17.5 Å². The molecule has 4 rings (SSSR count). The van der Waals surface area contributed by atoms with Crippen molar-refractivity contribution in [2.24, 2.45) is 4.99 Å². The molecule has 2 heterocycles. The number of aromatic nitrogens is 2. The summed E-state index contributed by atoms with van der Waals surface area (Å²) in [6.45, 7) is 3.30. The van der Waals surface area contributed by atoms with E-state index in [-0.39, 0.29) is 36.2 Å². The third-order valence-electron chi connectivity index (χ3n) is 5.54. The maximum atomic E-state index is 14.4. The van der Waals surface area contributed by atoms with Crippen LogP contribution in [0.2, 0.25) is 5.02 Å². The Hall–Kier alpha value is -2.98. The van der Waals surface area contributed by atoms with Gasteiger partial charge in [-0.2, -0.15) is 0 Å². The first kappa shape index (κ1) is 24.2. The lowest BCUT2D eigenvalue weighted by molar-refractivity contribution is -0.119. The van der Waals surface area contributed by atoms with Gasteiger partial charge >= 0.3 is 0 Å². The number of nitrogens with two attached hydrogens (primary N) is 1. The zero-order valence-electron chi connectivity index (χ0n) is 18.0.